The zero-order valence-electron chi connectivity index (χ0n) is 12.6. The van der Waals surface area contributed by atoms with Gasteiger partial charge >= 0.3 is 0 Å². The van der Waals surface area contributed by atoms with Gasteiger partial charge in [-0.25, -0.2) is 0 Å². The van der Waals surface area contributed by atoms with Crippen LogP contribution < -0.4 is 11.1 Å². The van der Waals surface area contributed by atoms with Crippen LogP contribution in [0.4, 0.5) is 5.69 Å². The van der Waals surface area contributed by atoms with Crippen molar-refractivity contribution in [3.8, 4) is 0 Å². The van der Waals surface area contributed by atoms with E-state index in [0.717, 1.165) is 37.8 Å². The zero-order valence-corrected chi connectivity index (χ0v) is 12.6. The molecule has 0 heterocycles. The van der Waals surface area contributed by atoms with Gasteiger partial charge in [0.15, 0.2) is 0 Å². The van der Waals surface area contributed by atoms with Gasteiger partial charge in [0.2, 0.25) is 5.91 Å². The summed E-state index contributed by atoms with van der Waals surface area (Å²) >= 11 is 0. The average Bonchev–Trinajstić information content (AvgIpc) is 2.49. The van der Waals surface area contributed by atoms with Gasteiger partial charge in [-0.1, -0.05) is 32.0 Å². The fraction of sp³-hybridized carbons (Fsp3) is 0.588. The molecule has 0 bridgehead atoms. The number of benzene rings is 1. The Kier molecular flexibility index (Phi) is 4.81. The largest absolute Gasteiger partial charge is 0.329 e. The van der Waals surface area contributed by atoms with Crippen molar-refractivity contribution in [2.75, 3.05) is 11.9 Å². The molecule has 1 saturated carbocycles. The Morgan fingerprint density at radius 3 is 2.60 bits per heavy atom. The summed E-state index contributed by atoms with van der Waals surface area (Å²) in [5.74, 6) is 0.818. The lowest BCUT2D eigenvalue weighted by molar-refractivity contribution is -0.127. The third kappa shape index (κ3) is 3.04. The average molecular weight is 274 g/mol. The van der Waals surface area contributed by atoms with Crippen molar-refractivity contribution in [2.45, 2.75) is 46.0 Å². The van der Waals surface area contributed by atoms with Crippen molar-refractivity contribution in [1.82, 2.24) is 0 Å². The third-order valence-corrected chi connectivity index (χ3v) is 4.75. The monoisotopic (exact) mass is 274 g/mol. The summed E-state index contributed by atoms with van der Waals surface area (Å²) in [6, 6.07) is 8.02. The van der Waals surface area contributed by atoms with E-state index in [0.29, 0.717) is 12.5 Å². The van der Waals surface area contributed by atoms with Crippen LogP contribution in [0.5, 0.6) is 0 Å². The summed E-state index contributed by atoms with van der Waals surface area (Å²) in [4.78, 5) is 12.7. The van der Waals surface area contributed by atoms with Gasteiger partial charge in [0.25, 0.3) is 0 Å². The molecule has 1 aliphatic carbocycles. The van der Waals surface area contributed by atoms with Crippen LogP contribution in [0.1, 0.15) is 45.1 Å². The molecule has 0 saturated heterocycles. The van der Waals surface area contributed by atoms with Gasteiger partial charge < -0.3 is 11.1 Å². The second-order valence-electron chi connectivity index (χ2n) is 6.13. The lowest BCUT2D eigenvalue weighted by Gasteiger charge is -2.37. The highest BCUT2D eigenvalue weighted by Crippen LogP contribution is 2.39. The zero-order chi connectivity index (χ0) is 14.6. The van der Waals surface area contributed by atoms with E-state index in [-0.39, 0.29) is 11.3 Å². The van der Waals surface area contributed by atoms with Crippen LogP contribution in [0.25, 0.3) is 0 Å². The molecule has 20 heavy (non-hydrogen) atoms. The van der Waals surface area contributed by atoms with Crippen molar-refractivity contribution in [3.05, 3.63) is 29.8 Å². The molecular formula is C17H26N2O. The molecule has 3 N–H and O–H groups in total. The number of carbonyl (C=O) groups is 1. The van der Waals surface area contributed by atoms with E-state index in [9.17, 15) is 4.79 Å². The summed E-state index contributed by atoms with van der Waals surface area (Å²) in [6.45, 7) is 4.80. The maximum atomic E-state index is 12.7. The molecule has 1 aromatic rings. The van der Waals surface area contributed by atoms with Crippen LogP contribution in [-0.2, 0) is 11.2 Å². The van der Waals surface area contributed by atoms with Crippen molar-refractivity contribution in [2.24, 2.45) is 17.1 Å². The Bertz CT molecular complexity index is 462. The van der Waals surface area contributed by atoms with Crippen LogP contribution in [0.15, 0.2) is 24.3 Å². The molecule has 1 aromatic carbocycles. The molecule has 0 aromatic heterocycles. The van der Waals surface area contributed by atoms with Gasteiger partial charge in [0.1, 0.15) is 0 Å². The van der Waals surface area contributed by atoms with Gasteiger partial charge in [0.05, 0.1) is 5.41 Å². The standard InChI is InChI=1S/C17H26N2O/c1-3-14-6-4-5-7-15(14)19-16(20)17(12-18)10-8-13(2)9-11-17/h4-7,13H,3,8-12,18H2,1-2H3,(H,19,20). The number of amides is 1. The van der Waals surface area contributed by atoms with Crippen LogP contribution in [0.2, 0.25) is 0 Å². The van der Waals surface area contributed by atoms with E-state index in [4.69, 9.17) is 5.73 Å². The van der Waals surface area contributed by atoms with E-state index in [2.05, 4.69) is 25.2 Å². The first kappa shape index (κ1) is 15.0. The molecule has 2 rings (SSSR count). The molecule has 1 amide bonds. The number of hydrogen-bond acceptors (Lipinski definition) is 2. The van der Waals surface area contributed by atoms with Crippen LogP contribution in [0, 0.1) is 11.3 Å². The van der Waals surface area contributed by atoms with Crippen LogP contribution >= 0.6 is 0 Å². The first-order valence-corrected chi connectivity index (χ1v) is 7.70. The molecule has 1 fully saturated rings. The Morgan fingerprint density at radius 1 is 1.35 bits per heavy atom. The first-order chi connectivity index (χ1) is 9.61. The van der Waals surface area contributed by atoms with E-state index < -0.39 is 0 Å². The van der Waals surface area contributed by atoms with Gasteiger partial charge in [-0.15, -0.1) is 0 Å². The third-order valence-electron chi connectivity index (χ3n) is 4.75. The summed E-state index contributed by atoms with van der Waals surface area (Å²) in [5.41, 5.74) is 7.69. The van der Waals surface area contributed by atoms with Crippen molar-refractivity contribution in [1.29, 1.82) is 0 Å². The number of carbonyl (C=O) groups excluding carboxylic acids is 1. The molecular weight excluding hydrogens is 248 g/mol. The van der Waals surface area contributed by atoms with Gasteiger partial charge in [-0.2, -0.15) is 0 Å². The highest BCUT2D eigenvalue weighted by Gasteiger charge is 2.39. The van der Waals surface area contributed by atoms with Gasteiger partial charge in [0, 0.05) is 12.2 Å². The number of nitrogens with one attached hydrogen (secondary N) is 1. The summed E-state index contributed by atoms with van der Waals surface area (Å²) < 4.78 is 0. The van der Waals surface area contributed by atoms with E-state index >= 15 is 0 Å². The summed E-state index contributed by atoms with van der Waals surface area (Å²) in [5, 5.41) is 3.12. The molecule has 3 heteroatoms. The van der Waals surface area contributed by atoms with Crippen LogP contribution in [0.3, 0.4) is 0 Å². The van der Waals surface area contributed by atoms with E-state index in [1.807, 2.05) is 18.2 Å². The van der Waals surface area contributed by atoms with E-state index in [1.54, 1.807) is 0 Å². The summed E-state index contributed by atoms with van der Waals surface area (Å²) in [7, 11) is 0. The predicted molar refractivity (Wildman–Crippen MR) is 83.6 cm³/mol. The molecule has 0 aliphatic heterocycles. The normalized spacial score (nSPS) is 26.2. The highest BCUT2D eigenvalue weighted by molar-refractivity contribution is 5.96. The fourth-order valence-electron chi connectivity index (χ4n) is 3.04. The number of rotatable bonds is 4. The smallest absolute Gasteiger partial charge is 0.231 e. The maximum absolute atomic E-state index is 12.7. The molecule has 110 valence electrons. The number of aryl methyl sites for hydroxylation is 1. The SMILES string of the molecule is CCc1ccccc1NC(=O)C1(CN)CCC(C)CC1. The molecule has 3 nitrogen and oxygen atoms in total. The minimum atomic E-state index is -0.368. The lowest BCUT2D eigenvalue weighted by Crippen LogP contribution is -2.45. The van der Waals surface area contributed by atoms with E-state index in [1.165, 1.54) is 5.56 Å². The van der Waals surface area contributed by atoms with Crippen molar-refractivity contribution < 1.29 is 4.79 Å². The van der Waals surface area contributed by atoms with Gasteiger partial charge in [-0.05, 0) is 49.7 Å². The van der Waals surface area contributed by atoms with Gasteiger partial charge in [-0.3, -0.25) is 4.79 Å². The summed E-state index contributed by atoms with van der Waals surface area (Å²) in [6.07, 6.45) is 4.93. The Hall–Kier alpha value is -1.35. The Balaban J connectivity index is 2.13. The second-order valence-corrected chi connectivity index (χ2v) is 6.13. The van der Waals surface area contributed by atoms with Crippen molar-refractivity contribution >= 4 is 11.6 Å². The topological polar surface area (TPSA) is 55.1 Å². The molecule has 0 atom stereocenters. The molecule has 0 spiro atoms. The molecule has 0 unspecified atom stereocenters. The second kappa shape index (κ2) is 6.40. The fourth-order valence-corrected chi connectivity index (χ4v) is 3.04. The minimum Gasteiger partial charge on any atom is -0.329 e. The first-order valence-electron chi connectivity index (χ1n) is 7.70. The number of anilines is 1. The lowest BCUT2D eigenvalue weighted by atomic mass is 9.70. The number of para-hydroxylation sites is 1. The van der Waals surface area contributed by atoms with Crippen molar-refractivity contribution in [3.63, 3.8) is 0 Å². The number of nitrogens with two attached hydrogens (primary N) is 1. The quantitative estimate of drug-likeness (QED) is 0.884. The Labute approximate surface area is 121 Å². The van der Waals surface area contributed by atoms with Crippen LogP contribution in [-0.4, -0.2) is 12.5 Å². The molecule has 0 radical (unpaired) electrons. The molecule has 1 aliphatic rings. The highest BCUT2D eigenvalue weighted by atomic mass is 16.2. The minimum absolute atomic E-state index is 0.104. The maximum Gasteiger partial charge on any atom is 0.231 e. The Morgan fingerprint density at radius 2 is 2.00 bits per heavy atom. The predicted octanol–water partition coefficient (Wildman–Crippen LogP) is 3.34. The number of hydrogen-bond donors (Lipinski definition) is 2.